The lowest BCUT2D eigenvalue weighted by atomic mass is 9.99. The number of hydrogen-bond donors (Lipinski definition) is 1. The minimum absolute atomic E-state index is 0.166. The molecule has 0 unspecified atom stereocenters. The van der Waals surface area contributed by atoms with Crippen LogP contribution in [-0.4, -0.2) is 44.5 Å². The molecule has 2 aromatic rings. The first-order valence-electron chi connectivity index (χ1n) is 9.04. The Bertz CT molecular complexity index is 1040. The predicted molar refractivity (Wildman–Crippen MR) is 114 cm³/mol. The monoisotopic (exact) mass is 435 g/mol. The third-order valence-corrected chi connectivity index (χ3v) is 6.08. The third-order valence-electron chi connectivity index (χ3n) is 4.69. The quantitative estimate of drug-likeness (QED) is 0.782. The predicted octanol–water partition coefficient (Wildman–Crippen LogP) is 2.65. The number of halogens is 1. The van der Waals surface area contributed by atoms with Gasteiger partial charge in [0.1, 0.15) is 6.54 Å². The van der Waals surface area contributed by atoms with E-state index in [0.717, 1.165) is 21.7 Å². The van der Waals surface area contributed by atoms with Crippen LogP contribution < -0.4 is 9.62 Å². The molecule has 0 radical (unpaired) electrons. The van der Waals surface area contributed by atoms with Crippen molar-refractivity contribution in [2.75, 3.05) is 29.0 Å². The van der Waals surface area contributed by atoms with Gasteiger partial charge in [-0.1, -0.05) is 17.7 Å². The van der Waals surface area contributed by atoms with E-state index in [9.17, 15) is 18.0 Å². The van der Waals surface area contributed by atoms with Gasteiger partial charge in [-0.3, -0.25) is 13.9 Å². The zero-order valence-electron chi connectivity index (χ0n) is 16.2. The van der Waals surface area contributed by atoms with Crippen LogP contribution >= 0.6 is 11.6 Å². The van der Waals surface area contributed by atoms with Crippen LogP contribution in [0.2, 0.25) is 5.02 Å². The Morgan fingerprint density at radius 1 is 1.14 bits per heavy atom. The molecule has 1 aliphatic heterocycles. The molecule has 0 spiro atoms. The lowest BCUT2D eigenvalue weighted by molar-refractivity contribution is -0.130. The Morgan fingerprint density at radius 2 is 1.83 bits per heavy atom. The van der Waals surface area contributed by atoms with Gasteiger partial charge in [0.2, 0.25) is 21.8 Å². The zero-order chi connectivity index (χ0) is 21.2. The lowest BCUT2D eigenvalue weighted by Gasteiger charge is -2.31. The SMILES string of the molecule is CC(=O)Nc1ccc2c(c1)CN(C(=O)CN(c1ccc(Cl)cc1)S(C)(=O)=O)CC2. The van der Waals surface area contributed by atoms with Crippen molar-refractivity contribution in [2.24, 2.45) is 0 Å². The van der Waals surface area contributed by atoms with E-state index >= 15 is 0 Å². The van der Waals surface area contributed by atoms with Crippen LogP contribution in [0.4, 0.5) is 11.4 Å². The summed E-state index contributed by atoms with van der Waals surface area (Å²) in [5.41, 5.74) is 3.11. The van der Waals surface area contributed by atoms with Crippen LogP contribution in [-0.2, 0) is 32.6 Å². The van der Waals surface area contributed by atoms with Crippen molar-refractivity contribution in [3.63, 3.8) is 0 Å². The van der Waals surface area contributed by atoms with E-state index in [0.29, 0.717) is 35.9 Å². The van der Waals surface area contributed by atoms with Gasteiger partial charge in [0.05, 0.1) is 11.9 Å². The van der Waals surface area contributed by atoms with E-state index in [4.69, 9.17) is 11.6 Å². The molecule has 2 amide bonds. The van der Waals surface area contributed by atoms with E-state index in [1.807, 2.05) is 18.2 Å². The van der Waals surface area contributed by atoms with Crippen molar-refractivity contribution in [3.05, 3.63) is 58.6 Å². The minimum Gasteiger partial charge on any atom is -0.336 e. The molecule has 0 aromatic heterocycles. The van der Waals surface area contributed by atoms with Gasteiger partial charge >= 0.3 is 0 Å². The molecule has 7 nitrogen and oxygen atoms in total. The molecule has 2 aromatic carbocycles. The number of fused-ring (bicyclic) bond motifs is 1. The van der Waals surface area contributed by atoms with Gasteiger partial charge in [-0.2, -0.15) is 0 Å². The highest BCUT2D eigenvalue weighted by molar-refractivity contribution is 7.92. The Kier molecular flexibility index (Phi) is 6.14. The summed E-state index contributed by atoms with van der Waals surface area (Å²) in [5.74, 6) is -0.457. The number of carbonyl (C=O) groups excluding carboxylic acids is 2. The highest BCUT2D eigenvalue weighted by atomic mass is 35.5. The zero-order valence-corrected chi connectivity index (χ0v) is 17.8. The van der Waals surface area contributed by atoms with Crippen molar-refractivity contribution >= 4 is 44.8 Å². The Morgan fingerprint density at radius 3 is 2.45 bits per heavy atom. The van der Waals surface area contributed by atoms with Crippen molar-refractivity contribution < 1.29 is 18.0 Å². The van der Waals surface area contributed by atoms with Gasteiger partial charge in [0.25, 0.3) is 0 Å². The number of amides is 2. The summed E-state index contributed by atoms with van der Waals surface area (Å²) < 4.78 is 25.6. The molecule has 9 heteroatoms. The molecule has 0 saturated heterocycles. The van der Waals surface area contributed by atoms with E-state index in [2.05, 4.69) is 5.32 Å². The molecule has 3 rings (SSSR count). The van der Waals surface area contributed by atoms with Crippen LogP contribution in [0, 0.1) is 0 Å². The van der Waals surface area contributed by atoms with E-state index in [1.165, 1.54) is 6.92 Å². The smallest absolute Gasteiger partial charge is 0.243 e. The molecule has 0 aliphatic carbocycles. The summed E-state index contributed by atoms with van der Waals surface area (Å²) >= 11 is 5.88. The number of nitrogens with zero attached hydrogens (tertiary/aromatic N) is 2. The maximum Gasteiger partial charge on any atom is 0.243 e. The van der Waals surface area contributed by atoms with Crippen LogP contribution in [0.15, 0.2) is 42.5 Å². The second kappa shape index (κ2) is 8.42. The maximum atomic E-state index is 12.9. The Balaban J connectivity index is 1.78. The molecule has 0 saturated carbocycles. The molecule has 29 heavy (non-hydrogen) atoms. The molecule has 1 aliphatic rings. The summed E-state index contributed by atoms with van der Waals surface area (Å²) in [6.07, 6.45) is 1.74. The fourth-order valence-corrected chi connectivity index (χ4v) is 4.26. The number of nitrogens with one attached hydrogen (secondary N) is 1. The largest absolute Gasteiger partial charge is 0.336 e. The Labute approximate surface area is 175 Å². The number of carbonyl (C=O) groups is 2. The second-order valence-corrected chi connectivity index (χ2v) is 9.32. The second-order valence-electron chi connectivity index (χ2n) is 6.98. The van der Waals surface area contributed by atoms with Gasteiger partial charge in [-0.15, -0.1) is 0 Å². The first-order chi connectivity index (χ1) is 13.6. The molecular formula is C20H22ClN3O4S. The Hall–Kier alpha value is -2.58. The van der Waals surface area contributed by atoms with Crippen LogP contribution in [0.25, 0.3) is 0 Å². The van der Waals surface area contributed by atoms with E-state index in [-0.39, 0.29) is 18.4 Å². The fourth-order valence-electron chi connectivity index (χ4n) is 3.28. The van der Waals surface area contributed by atoms with Crippen molar-refractivity contribution in [1.82, 2.24) is 4.90 Å². The topological polar surface area (TPSA) is 86.8 Å². The number of sulfonamides is 1. The maximum absolute atomic E-state index is 12.9. The van der Waals surface area contributed by atoms with Crippen molar-refractivity contribution in [1.29, 1.82) is 0 Å². The summed E-state index contributed by atoms with van der Waals surface area (Å²) in [5, 5.41) is 3.22. The van der Waals surface area contributed by atoms with Crippen molar-refractivity contribution in [3.8, 4) is 0 Å². The highest BCUT2D eigenvalue weighted by Crippen LogP contribution is 2.24. The molecule has 0 atom stereocenters. The van der Waals surface area contributed by atoms with Gasteiger partial charge in [-0.05, 0) is 53.9 Å². The standard InChI is InChI=1S/C20H22ClN3O4S/c1-14(25)22-18-6-3-15-9-10-23(12-16(15)11-18)20(26)13-24(29(2,27)28)19-7-4-17(21)5-8-19/h3-8,11H,9-10,12-13H2,1-2H3,(H,22,25). The van der Waals surface area contributed by atoms with E-state index < -0.39 is 10.0 Å². The molecule has 0 bridgehead atoms. The molecular weight excluding hydrogens is 414 g/mol. The minimum atomic E-state index is -3.65. The molecule has 0 fully saturated rings. The average Bonchev–Trinajstić information content (AvgIpc) is 2.65. The summed E-state index contributed by atoms with van der Waals surface area (Å²) in [6.45, 7) is 2.01. The van der Waals surface area contributed by atoms with Crippen LogP contribution in [0.3, 0.4) is 0 Å². The average molecular weight is 436 g/mol. The summed E-state index contributed by atoms with van der Waals surface area (Å²) in [4.78, 5) is 25.8. The molecule has 154 valence electrons. The van der Waals surface area contributed by atoms with Gasteiger partial charge in [0, 0.05) is 30.7 Å². The summed E-state index contributed by atoms with van der Waals surface area (Å²) in [6, 6.07) is 11.9. The lowest BCUT2D eigenvalue weighted by Crippen LogP contribution is -2.44. The first-order valence-corrected chi connectivity index (χ1v) is 11.3. The van der Waals surface area contributed by atoms with Crippen LogP contribution in [0.1, 0.15) is 18.1 Å². The third kappa shape index (κ3) is 5.27. The summed E-state index contributed by atoms with van der Waals surface area (Å²) in [7, 11) is -3.65. The van der Waals surface area contributed by atoms with Crippen molar-refractivity contribution in [2.45, 2.75) is 19.9 Å². The number of benzene rings is 2. The van der Waals surface area contributed by atoms with Gasteiger partial charge in [-0.25, -0.2) is 8.42 Å². The van der Waals surface area contributed by atoms with E-state index in [1.54, 1.807) is 29.2 Å². The van der Waals surface area contributed by atoms with Gasteiger partial charge in [0.15, 0.2) is 0 Å². The fraction of sp³-hybridized carbons (Fsp3) is 0.300. The first kappa shape index (κ1) is 21.1. The van der Waals surface area contributed by atoms with Crippen LogP contribution in [0.5, 0.6) is 0 Å². The number of anilines is 2. The number of rotatable bonds is 5. The highest BCUT2D eigenvalue weighted by Gasteiger charge is 2.26. The number of hydrogen-bond acceptors (Lipinski definition) is 4. The van der Waals surface area contributed by atoms with Gasteiger partial charge < -0.3 is 10.2 Å². The normalized spacial score (nSPS) is 13.6. The molecule has 1 N–H and O–H groups in total. The molecule has 1 heterocycles.